The van der Waals surface area contributed by atoms with E-state index in [9.17, 15) is 13.2 Å². The molecule has 1 aliphatic heterocycles. The zero-order valence-corrected chi connectivity index (χ0v) is 9.22. The highest BCUT2D eigenvalue weighted by Gasteiger charge is 2.21. The van der Waals surface area contributed by atoms with Gasteiger partial charge in [0.15, 0.2) is 5.75 Å². The third-order valence-corrected chi connectivity index (χ3v) is 3.55. The van der Waals surface area contributed by atoms with Gasteiger partial charge in [-0.1, -0.05) is 0 Å². The van der Waals surface area contributed by atoms with Crippen LogP contribution in [-0.4, -0.2) is 44.4 Å². The summed E-state index contributed by atoms with van der Waals surface area (Å²) in [5, 5.41) is 11.6. The molecule has 1 unspecified atom stereocenters. The van der Waals surface area contributed by atoms with E-state index in [1.807, 2.05) is 0 Å². The van der Waals surface area contributed by atoms with Crippen molar-refractivity contribution in [3.8, 4) is 0 Å². The van der Waals surface area contributed by atoms with Crippen molar-refractivity contribution >= 4 is 16.0 Å². The SMILES string of the molecule is O=C(O)CS(=O)(=O)NC1CCCNCC1. The molecule has 0 spiro atoms. The number of sulfonamides is 1. The molecule has 15 heavy (non-hydrogen) atoms. The lowest BCUT2D eigenvalue weighted by Gasteiger charge is -2.14. The Morgan fingerprint density at radius 2 is 2.13 bits per heavy atom. The van der Waals surface area contributed by atoms with E-state index in [0.29, 0.717) is 6.42 Å². The predicted molar refractivity (Wildman–Crippen MR) is 55.1 cm³/mol. The average Bonchev–Trinajstić information content (AvgIpc) is 2.29. The first-order chi connectivity index (χ1) is 6.99. The zero-order valence-electron chi connectivity index (χ0n) is 8.40. The Labute approximate surface area is 89.1 Å². The normalized spacial score (nSPS) is 23.3. The van der Waals surface area contributed by atoms with E-state index < -0.39 is 21.7 Å². The third-order valence-electron chi connectivity index (χ3n) is 2.24. The van der Waals surface area contributed by atoms with Gasteiger partial charge in [0.05, 0.1) is 0 Å². The largest absolute Gasteiger partial charge is 0.480 e. The van der Waals surface area contributed by atoms with Crippen molar-refractivity contribution < 1.29 is 18.3 Å². The molecule has 1 aliphatic rings. The maximum atomic E-state index is 11.3. The van der Waals surface area contributed by atoms with Crippen molar-refractivity contribution in [1.82, 2.24) is 10.0 Å². The molecule has 1 saturated heterocycles. The molecule has 7 heteroatoms. The van der Waals surface area contributed by atoms with E-state index in [4.69, 9.17) is 5.11 Å². The van der Waals surface area contributed by atoms with Crippen LogP contribution in [0.5, 0.6) is 0 Å². The van der Waals surface area contributed by atoms with E-state index in [-0.39, 0.29) is 6.04 Å². The second kappa shape index (κ2) is 5.43. The first-order valence-electron chi connectivity index (χ1n) is 4.92. The fourth-order valence-corrected chi connectivity index (χ4v) is 2.75. The maximum Gasteiger partial charge on any atom is 0.320 e. The van der Waals surface area contributed by atoms with Gasteiger partial charge in [-0.2, -0.15) is 0 Å². The second-order valence-corrected chi connectivity index (χ2v) is 5.40. The minimum atomic E-state index is -3.67. The minimum absolute atomic E-state index is 0.135. The molecule has 0 bridgehead atoms. The van der Waals surface area contributed by atoms with Gasteiger partial charge in [0.25, 0.3) is 0 Å². The topological polar surface area (TPSA) is 95.5 Å². The van der Waals surface area contributed by atoms with Crippen LogP contribution in [0.2, 0.25) is 0 Å². The number of carboxylic acid groups (broad SMARTS) is 1. The first-order valence-corrected chi connectivity index (χ1v) is 6.57. The molecule has 0 aromatic rings. The van der Waals surface area contributed by atoms with E-state index in [2.05, 4.69) is 10.0 Å². The van der Waals surface area contributed by atoms with E-state index in [1.165, 1.54) is 0 Å². The molecular formula is C8H16N2O4S. The summed E-state index contributed by atoms with van der Waals surface area (Å²) in [6.07, 6.45) is 2.37. The molecule has 88 valence electrons. The zero-order chi connectivity index (χ0) is 11.3. The summed E-state index contributed by atoms with van der Waals surface area (Å²) in [5.41, 5.74) is 0. The molecule has 3 N–H and O–H groups in total. The van der Waals surface area contributed by atoms with Gasteiger partial charge < -0.3 is 10.4 Å². The van der Waals surface area contributed by atoms with Crippen LogP contribution in [0.3, 0.4) is 0 Å². The Kier molecular flexibility index (Phi) is 4.49. The fraction of sp³-hybridized carbons (Fsp3) is 0.875. The molecule has 1 fully saturated rings. The lowest BCUT2D eigenvalue weighted by molar-refractivity contribution is -0.134. The van der Waals surface area contributed by atoms with Crippen molar-refractivity contribution in [3.05, 3.63) is 0 Å². The molecule has 0 aromatic carbocycles. The van der Waals surface area contributed by atoms with Gasteiger partial charge in [-0.3, -0.25) is 4.79 Å². The number of hydrogen-bond acceptors (Lipinski definition) is 4. The molecule has 0 radical (unpaired) electrons. The lowest BCUT2D eigenvalue weighted by atomic mass is 10.1. The van der Waals surface area contributed by atoms with E-state index >= 15 is 0 Å². The van der Waals surface area contributed by atoms with Crippen molar-refractivity contribution in [2.24, 2.45) is 0 Å². The lowest BCUT2D eigenvalue weighted by Crippen LogP contribution is -2.38. The average molecular weight is 236 g/mol. The van der Waals surface area contributed by atoms with Crippen LogP contribution in [-0.2, 0) is 14.8 Å². The summed E-state index contributed by atoms with van der Waals surface area (Å²) in [7, 11) is -3.67. The summed E-state index contributed by atoms with van der Waals surface area (Å²) in [6, 6.07) is -0.135. The second-order valence-electron chi connectivity index (χ2n) is 3.65. The van der Waals surface area contributed by atoms with Gasteiger partial charge in [-0.25, -0.2) is 13.1 Å². The Morgan fingerprint density at radius 1 is 1.40 bits per heavy atom. The molecular weight excluding hydrogens is 220 g/mol. The predicted octanol–water partition coefficient (Wildman–Crippen LogP) is -0.867. The summed E-state index contributed by atoms with van der Waals surface area (Å²) < 4.78 is 25.0. The van der Waals surface area contributed by atoms with Gasteiger partial charge in [0.1, 0.15) is 0 Å². The number of nitrogens with one attached hydrogen (secondary N) is 2. The quantitative estimate of drug-likeness (QED) is 0.590. The molecule has 0 amide bonds. The minimum Gasteiger partial charge on any atom is -0.480 e. The van der Waals surface area contributed by atoms with Gasteiger partial charge in [0, 0.05) is 6.04 Å². The molecule has 1 rings (SSSR count). The molecule has 1 atom stereocenters. The summed E-state index contributed by atoms with van der Waals surface area (Å²) in [4.78, 5) is 10.3. The summed E-state index contributed by atoms with van der Waals surface area (Å²) in [5.74, 6) is -2.18. The highest BCUT2D eigenvalue weighted by atomic mass is 32.2. The van der Waals surface area contributed by atoms with Crippen molar-refractivity contribution in [2.75, 3.05) is 18.8 Å². The Morgan fingerprint density at radius 3 is 2.80 bits per heavy atom. The monoisotopic (exact) mass is 236 g/mol. The van der Waals surface area contributed by atoms with Gasteiger partial charge in [-0.05, 0) is 32.4 Å². The maximum absolute atomic E-state index is 11.3. The van der Waals surface area contributed by atoms with Crippen molar-refractivity contribution in [1.29, 1.82) is 0 Å². The van der Waals surface area contributed by atoms with Crippen LogP contribution in [0.4, 0.5) is 0 Å². The Balaban J connectivity index is 2.48. The number of carboxylic acids is 1. The Bertz CT molecular complexity index is 307. The van der Waals surface area contributed by atoms with Crippen LogP contribution in [0, 0.1) is 0 Å². The third kappa shape index (κ3) is 5.10. The standard InChI is InChI=1S/C8H16N2O4S/c11-8(12)6-15(13,14)10-7-2-1-4-9-5-3-7/h7,9-10H,1-6H2,(H,11,12). The van der Waals surface area contributed by atoms with Crippen LogP contribution < -0.4 is 10.0 Å². The molecule has 0 saturated carbocycles. The van der Waals surface area contributed by atoms with Crippen LogP contribution in [0.15, 0.2) is 0 Å². The molecule has 0 aliphatic carbocycles. The van der Waals surface area contributed by atoms with Crippen LogP contribution in [0.25, 0.3) is 0 Å². The summed E-state index contributed by atoms with van der Waals surface area (Å²) in [6.45, 7) is 1.65. The fourth-order valence-electron chi connectivity index (χ4n) is 1.60. The van der Waals surface area contributed by atoms with Crippen molar-refractivity contribution in [3.63, 3.8) is 0 Å². The van der Waals surface area contributed by atoms with Crippen molar-refractivity contribution in [2.45, 2.75) is 25.3 Å². The number of aliphatic carboxylic acids is 1. The van der Waals surface area contributed by atoms with Gasteiger partial charge >= 0.3 is 5.97 Å². The molecule has 6 nitrogen and oxygen atoms in total. The van der Waals surface area contributed by atoms with Gasteiger partial charge in [0.2, 0.25) is 10.0 Å². The summed E-state index contributed by atoms with van der Waals surface area (Å²) >= 11 is 0. The van der Waals surface area contributed by atoms with E-state index in [1.54, 1.807) is 0 Å². The smallest absolute Gasteiger partial charge is 0.320 e. The van der Waals surface area contributed by atoms with Gasteiger partial charge in [-0.15, -0.1) is 0 Å². The number of rotatable bonds is 4. The first kappa shape index (κ1) is 12.4. The highest BCUT2D eigenvalue weighted by Crippen LogP contribution is 2.06. The number of hydrogen-bond donors (Lipinski definition) is 3. The number of carbonyl (C=O) groups is 1. The van der Waals surface area contributed by atoms with E-state index in [0.717, 1.165) is 25.9 Å². The highest BCUT2D eigenvalue weighted by molar-refractivity contribution is 7.90. The van der Waals surface area contributed by atoms with Crippen LogP contribution in [0.1, 0.15) is 19.3 Å². The Hall–Kier alpha value is -0.660. The van der Waals surface area contributed by atoms with Crippen LogP contribution >= 0.6 is 0 Å². The molecule has 0 aromatic heterocycles. The molecule has 1 heterocycles.